The molecule has 3 rings (SSSR count). The normalized spacial score (nSPS) is 11.6. The summed E-state index contributed by atoms with van der Waals surface area (Å²) in [5.41, 5.74) is 3.15. The predicted molar refractivity (Wildman–Crippen MR) is 115 cm³/mol. The highest BCUT2D eigenvalue weighted by atomic mass is 32.2. The number of carbonyl (C=O) groups excluding carboxylic acids is 1. The lowest BCUT2D eigenvalue weighted by Gasteiger charge is -2.18. The van der Waals surface area contributed by atoms with Gasteiger partial charge in [-0.2, -0.15) is 5.10 Å². The number of aryl methyl sites for hydroxylation is 2. The minimum atomic E-state index is -3.70. The third-order valence-electron chi connectivity index (χ3n) is 4.97. The molecule has 9 heteroatoms. The molecule has 0 saturated heterocycles. The molecule has 1 aromatic heterocycles. The van der Waals surface area contributed by atoms with Crippen molar-refractivity contribution < 1.29 is 22.3 Å². The van der Waals surface area contributed by atoms with Gasteiger partial charge in [0.1, 0.15) is 5.82 Å². The molecule has 1 heterocycles. The Hall–Kier alpha value is -3.04. The van der Waals surface area contributed by atoms with Gasteiger partial charge in [-0.15, -0.1) is 0 Å². The van der Waals surface area contributed by atoms with Gasteiger partial charge in [0.15, 0.2) is 0 Å². The van der Waals surface area contributed by atoms with Crippen molar-refractivity contribution in [2.24, 2.45) is 0 Å². The van der Waals surface area contributed by atoms with E-state index < -0.39 is 16.0 Å². The zero-order valence-electron chi connectivity index (χ0n) is 17.6. The second-order valence-corrected chi connectivity index (χ2v) is 9.20. The number of sulfonamides is 1. The molecule has 0 unspecified atom stereocenters. The van der Waals surface area contributed by atoms with Crippen LogP contribution in [0.4, 0.5) is 4.39 Å². The lowest BCUT2D eigenvalue weighted by molar-refractivity contribution is 0.0600. The Kier molecular flexibility index (Phi) is 6.87. The maximum atomic E-state index is 13.1. The maximum Gasteiger partial charge on any atom is 0.337 e. The topological polar surface area (TPSA) is 92.4 Å². The van der Waals surface area contributed by atoms with E-state index in [-0.39, 0.29) is 10.7 Å². The van der Waals surface area contributed by atoms with Crippen LogP contribution in [0.1, 0.15) is 28.0 Å². The van der Waals surface area contributed by atoms with Crippen LogP contribution >= 0.6 is 0 Å². The number of halogens is 1. The summed E-state index contributed by atoms with van der Waals surface area (Å²) in [6.45, 7) is 1.96. The van der Waals surface area contributed by atoms with E-state index in [2.05, 4.69) is 14.9 Å². The molecule has 0 amide bonds. The summed E-state index contributed by atoms with van der Waals surface area (Å²) in [6.07, 6.45) is 1.19. The van der Waals surface area contributed by atoms with E-state index in [4.69, 9.17) is 0 Å². The average Bonchev–Trinajstić information content (AvgIpc) is 3.22. The number of ether oxygens (including phenoxy) is 1. The second-order valence-electron chi connectivity index (χ2n) is 7.19. The van der Waals surface area contributed by atoms with Gasteiger partial charge >= 0.3 is 5.97 Å². The van der Waals surface area contributed by atoms with Crippen LogP contribution in [0.15, 0.2) is 53.4 Å². The minimum absolute atomic E-state index is 0.155. The molecule has 0 aliphatic rings. The summed E-state index contributed by atoms with van der Waals surface area (Å²) in [4.78, 5) is 11.8. The molecule has 1 N–H and O–H groups in total. The van der Waals surface area contributed by atoms with Crippen molar-refractivity contribution >= 4 is 16.0 Å². The fraction of sp³-hybridized carbons (Fsp3) is 0.273. The number of nitrogens with zero attached hydrogens (tertiary/aromatic N) is 2. The van der Waals surface area contributed by atoms with Crippen LogP contribution in [0.3, 0.4) is 0 Å². The van der Waals surface area contributed by atoms with Crippen molar-refractivity contribution in [3.8, 4) is 11.3 Å². The average molecular weight is 446 g/mol. The molecule has 31 heavy (non-hydrogen) atoms. The van der Waals surface area contributed by atoms with Gasteiger partial charge in [-0.25, -0.2) is 21.9 Å². The zero-order valence-corrected chi connectivity index (χ0v) is 18.4. The Balaban J connectivity index is 1.62. The van der Waals surface area contributed by atoms with Crippen molar-refractivity contribution in [3.63, 3.8) is 0 Å². The fourth-order valence-corrected chi connectivity index (χ4v) is 4.63. The van der Waals surface area contributed by atoms with E-state index in [0.717, 1.165) is 11.3 Å². The number of benzene rings is 2. The van der Waals surface area contributed by atoms with E-state index in [0.29, 0.717) is 36.2 Å². The zero-order chi connectivity index (χ0) is 22.6. The van der Waals surface area contributed by atoms with Crippen molar-refractivity contribution in [1.29, 1.82) is 0 Å². The highest BCUT2D eigenvalue weighted by Gasteiger charge is 2.23. The van der Waals surface area contributed by atoms with Gasteiger partial charge in [-0.05, 0) is 73.9 Å². The first-order chi connectivity index (χ1) is 14.7. The van der Waals surface area contributed by atoms with Gasteiger partial charge in [0.25, 0.3) is 0 Å². The Labute approximate surface area is 180 Å². The second kappa shape index (κ2) is 9.40. The molecule has 0 radical (unpaired) electrons. The molecule has 0 aliphatic heterocycles. The monoisotopic (exact) mass is 445 g/mol. The van der Waals surface area contributed by atoms with Crippen LogP contribution in [0.25, 0.3) is 11.3 Å². The van der Waals surface area contributed by atoms with Crippen molar-refractivity contribution in [3.05, 3.63) is 71.2 Å². The smallest absolute Gasteiger partial charge is 0.337 e. The number of rotatable bonds is 8. The summed E-state index contributed by atoms with van der Waals surface area (Å²) >= 11 is 0. The number of esters is 1. The van der Waals surface area contributed by atoms with Crippen LogP contribution in [0.2, 0.25) is 0 Å². The lowest BCUT2D eigenvalue weighted by Crippen LogP contribution is -2.29. The SMILES string of the molecule is COC(=O)c1ccc(S(=O)(=O)N(C)CCCc2cc(-c3ccc(F)cc3)n[nH]2)c(C)c1. The van der Waals surface area contributed by atoms with E-state index in [9.17, 15) is 17.6 Å². The molecule has 0 spiro atoms. The van der Waals surface area contributed by atoms with E-state index >= 15 is 0 Å². The van der Waals surface area contributed by atoms with Gasteiger partial charge in [0, 0.05) is 24.8 Å². The molecular formula is C22H24FN3O4S. The van der Waals surface area contributed by atoms with Crippen molar-refractivity contribution in [2.45, 2.75) is 24.7 Å². The van der Waals surface area contributed by atoms with E-state index in [1.54, 1.807) is 19.1 Å². The number of hydrogen-bond donors (Lipinski definition) is 1. The fourth-order valence-electron chi connectivity index (χ4n) is 3.22. The number of hydrogen-bond acceptors (Lipinski definition) is 5. The Bertz CT molecular complexity index is 1170. The van der Waals surface area contributed by atoms with E-state index in [1.165, 1.54) is 48.8 Å². The maximum absolute atomic E-state index is 13.1. The summed E-state index contributed by atoms with van der Waals surface area (Å²) in [5.74, 6) is -0.820. The van der Waals surface area contributed by atoms with Crippen LogP contribution in [0, 0.1) is 12.7 Å². The van der Waals surface area contributed by atoms with E-state index in [1.807, 2.05) is 6.07 Å². The van der Waals surface area contributed by atoms with Gasteiger partial charge < -0.3 is 4.74 Å². The van der Waals surface area contributed by atoms with Crippen molar-refractivity contribution in [2.75, 3.05) is 20.7 Å². The number of aromatic nitrogens is 2. The van der Waals surface area contributed by atoms with Crippen molar-refractivity contribution in [1.82, 2.24) is 14.5 Å². The van der Waals surface area contributed by atoms with Crippen LogP contribution in [0.5, 0.6) is 0 Å². The Morgan fingerprint density at radius 3 is 2.52 bits per heavy atom. The molecule has 0 bridgehead atoms. The molecular weight excluding hydrogens is 421 g/mol. The third kappa shape index (κ3) is 5.18. The minimum Gasteiger partial charge on any atom is -0.465 e. The molecule has 0 saturated carbocycles. The molecule has 0 aliphatic carbocycles. The number of H-pyrrole nitrogens is 1. The molecule has 7 nitrogen and oxygen atoms in total. The van der Waals surface area contributed by atoms with Crippen LogP contribution in [-0.4, -0.2) is 49.6 Å². The highest BCUT2D eigenvalue weighted by molar-refractivity contribution is 7.89. The number of aromatic amines is 1. The summed E-state index contributed by atoms with van der Waals surface area (Å²) in [5, 5.41) is 7.17. The number of carbonyl (C=O) groups is 1. The first-order valence-corrected chi connectivity index (χ1v) is 11.1. The Morgan fingerprint density at radius 1 is 1.16 bits per heavy atom. The van der Waals surface area contributed by atoms with Gasteiger partial charge in [-0.3, -0.25) is 5.10 Å². The molecule has 164 valence electrons. The summed E-state index contributed by atoms with van der Waals surface area (Å²) in [6, 6.07) is 12.3. The van der Waals surface area contributed by atoms with Gasteiger partial charge in [0.2, 0.25) is 10.0 Å². The largest absolute Gasteiger partial charge is 0.465 e. The molecule has 0 atom stereocenters. The van der Waals surface area contributed by atoms with Crippen LogP contribution < -0.4 is 0 Å². The van der Waals surface area contributed by atoms with Gasteiger partial charge in [-0.1, -0.05) is 0 Å². The molecule has 3 aromatic rings. The first kappa shape index (κ1) is 22.6. The Morgan fingerprint density at radius 2 is 1.87 bits per heavy atom. The molecule has 2 aromatic carbocycles. The quantitative estimate of drug-likeness (QED) is 0.535. The number of methoxy groups -OCH3 is 1. The predicted octanol–water partition coefficient (Wildman–Crippen LogP) is 3.56. The standard InChI is InChI=1S/C22H24FN3O4S/c1-15-13-17(22(27)30-3)8-11-21(15)31(28,29)26(2)12-4-5-19-14-20(25-24-19)16-6-9-18(23)10-7-16/h6-11,13-14H,4-5,12H2,1-3H3,(H,24,25). The third-order valence-corrected chi connectivity index (χ3v) is 6.99. The first-order valence-electron chi connectivity index (χ1n) is 9.68. The molecule has 0 fully saturated rings. The van der Waals surface area contributed by atoms with Crippen LogP contribution in [-0.2, 0) is 21.2 Å². The summed E-state index contributed by atoms with van der Waals surface area (Å²) in [7, 11) is -0.891. The summed E-state index contributed by atoms with van der Waals surface area (Å²) < 4.78 is 44.9. The van der Waals surface area contributed by atoms with Gasteiger partial charge in [0.05, 0.1) is 23.3 Å². The highest BCUT2D eigenvalue weighted by Crippen LogP contribution is 2.22. The lowest BCUT2D eigenvalue weighted by atomic mass is 10.1. The number of nitrogens with one attached hydrogen (secondary N) is 1.